The fourth-order valence-corrected chi connectivity index (χ4v) is 4.94. The van der Waals surface area contributed by atoms with Crippen LogP contribution in [0, 0.1) is 0 Å². The van der Waals surface area contributed by atoms with Gasteiger partial charge in [0.2, 0.25) is 0 Å². The second kappa shape index (κ2) is 11.0. The van der Waals surface area contributed by atoms with Crippen molar-refractivity contribution in [2.75, 3.05) is 23.7 Å². The van der Waals surface area contributed by atoms with Crippen molar-refractivity contribution in [3.63, 3.8) is 0 Å². The molecule has 0 atom stereocenters. The van der Waals surface area contributed by atoms with Crippen molar-refractivity contribution in [1.82, 2.24) is 5.32 Å². The molecule has 3 N–H and O–H groups in total. The van der Waals surface area contributed by atoms with Gasteiger partial charge in [-0.05, 0) is 72.6 Å². The van der Waals surface area contributed by atoms with Crippen LogP contribution in [0.3, 0.4) is 0 Å². The van der Waals surface area contributed by atoms with Crippen molar-refractivity contribution in [2.45, 2.75) is 31.6 Å². The minimum Gasteiger partial charge on any atom is -0.416 e. The summed E-state index contributed by atoms with van der Waals surface area (Å²) < 4.78 is 11.4. The Morgan fingerprint density at radius 2 is 1.58 bits per heavy atom. The van der Waals surface area contributed by atoms with Crippen LogP contribution in [0.1, 0.15) is 39.9 Å². The van der Waals surface area contributed by atoms with Crippen molar-refractivity contribution in [3.8, 4) is 0 Å². The molecule has 0 bridgehead atoms. The summed E-state index contributed by atoms with van der Waals surface area (Å²) in [5, 5.41) is 10.5. The van der Waals surface area contributed by atoms with E-state index in [2.05, 4.69) is 16.0 Å². The fraction of sp³-hybridized carbons (Fsp3) is 0.250. The fourth-order valence-electron chi connectivity index (χ4n) is 4.57. The lowest BCUT2D eigenvalue weighted by Crippen LogP contribution is -2.43. The van der Waals surface area contributed by atoms with Gasteiger partial charge in [0.05, 0.1) is 30.1 Å². The molecular weight excluding hydrogens is 529 g/mol. The highest BCUT2D eigenvalue weighted by Crippen LogP contribution is 2.40. The molecule has 8 nitrogen and oxygen atoms in total. The third-order valence-corrected chi connectivity index (χ3v) is 7.03. The minimum absolute atomic E-state index is 0.0255. The lowest BCUT2D eigenvalue weighted by molar-refractivity contribution is -0.225. The van der Waals surface area contributed by atoms with Gasteiger partial charge in [0, 0.05) is 28.4 Å². The zero-order valence-electron chi connectivity index (χ0n) is 20.3. The van der Waals surface area contributed by atoms with Gasteiger partial charge in [-0.3, -0.25) is 14.4 Å². The van der Waals surface area contributed by atoms with Crippen LogP contribution in [0.25, 0.3) is 0 Å². The topological polar surface area (TPSA) is 106 Å². The van der Waals surface area contributed by atoms with Gasteiger partial charge in [-0.15, -0.1) is 0 Å². The molecular formula is C28H25Cl2N3O5. The summed E-state index contributed by atoms with van der Waals surface area (Å²) in [5.41, 5.74) is 4.17. The predicted molar refractivity (Wildman–Crippen MR) is 144 cm³/mol. The van der Waals surface area contributed by atoms with Gasteiger partial charge in [-0.1, -0.05) is 35.3 Å². The van der Waals surface area contributed by atoms with Crippen LogP contribution in [0.15, 0.2) is 60.7 Å². The Balaban J connectivity index is 1.34. The first kappa shape index (κ1) is 26.0. The maximum absolute atomic E-state index is 12.6. The molecule has 38 heavy (non-hydrogen) atoms. The van der Waals surface area contributed by atoms with Crippen molar-refractivity contribution >= 4 is 52.4 Å². The number of benzene rings is 3. The van der Waals surface area contributed by atoms with Crippen LogP contribution < -0.4 is 16.0 Å². The average Bonchev–Trinajstić information content (AvgIpc) is 3.17. The Kier molecular flexibility index (Phi) is 7.56. The predicted octanol–water partition coefficient (Wildman–Crippen LogP) is 5.04. The van der Waals surface area contributed by atoms with Gasteiger partial charge < -0.3 is 25.4 Å². The van der Waals surface area contributed by atoms with Crippen molar-refractivity contribution in [3.05, 3.63) is 93.0 Å². The normalized spacial score (nSPS) is 16.5. The molecule has 3 aromatic rings. The molecule has 0 unspecified atom stereocenters. The Bertz CT molecular complexity index is 1360. The van der Waals surface area contributed by atoms with Gasteiger partial charge in [0.15, 0.2) is 0 Å². The van der Waals surface area contributed by atoms with E-state index in [1.807, 2.05) is 12.1 Å². The summed E-state index contributed by atoms with van der Waals surface area (Å²) in [7, 11) is 0. The lowest BCUT2D eigenvalue weighted by Gasteiger charge is -2.32. The van der Waals surface area contributed by atoms with E-state index in [-0.39, 0.29) is 25.3 Å². The first-order valence-electron chi connectivity index (χ1n) is 12.2. The van der Waals surface area contributed by atoms with E-state index in [4.69, 9.17) is 32.7 Å². The minimum atomic E-state index is -1.55. The number of hydrogen-bond acceptors (Lipinski definition) is 7. The van der Waals surface area contributed by atoms with E-state index >= 15 is 0 Å². The van der Waals surface area contributed by atoms with Crippen molar-refractivity contribution < 1.29 is 23.9 Å². The van der Waals surface area contributed by atoms with Crippen molar-refractivity contribution in [2.24, 2.45) is 0 Å². The number of nitrogens with one attached hydrogen (secondary N) is 3. The molecule has 1 spiro atoms. The summed E-state index contributed by atoms with van der Waals surface area (Å²) in [6.07, 6.45) is 0.531. The molecule has 0 aliphatic carbocycles. The summed E-state index contributed by atoms with van der Waals surface area (Å²) in [5.74, 6) is -2.75. The summed E-state index contributed by atoms with van der Waals surface area (Å²) in [6.45, 7) is 1.16. The number of carbonyl (C=O) groups excluding carboxylic acids is 3. The maximum Gasteiger partial charge on any atom is 0.309 e. The number of rotatable bonds is 5. The second-order valence-electron chi connectivity index (χ2n) is 9.09. The summed E-state index contributed by atoms with van der Waals surface area (Å²) in [6, 6.07) is 17.6. The van der Waals surface area contributed by atoms with Crippen molar-refractivity contribution in [1.29, 1.82) is 0 Å². The molecule has 1 fully saturated rings. The third-order valence-electron chi connectivity index (χ3n) is 6.46. The van der Waals surface area contributed by atoms with E-state index in [9.17, 15) is 14.4 Å². The number of amides is 1. The molecule has 2 aliphatic rings. The molecule has 2 heterocycles. The Morgan fingerprint density at radius 3 is 2.26 bits per heavy atom. The largest absolute Gasteiger partial charge is 0.416 e. The molecule has 10 heteroatoms. The van der Waals surface area contributed by atoms with E-state index in [1.165, 1.54) is 0 Å². The number of anilines is 2. The summed E-state index contributed by atoms with van der Waals surface area (Å²) >= 11 is 12.5. The van der Waals surface area contributed by atoms with E-state index in [1.54, 1.807) is 48.5 Å². The first-order chi connectivity index (χ1) is 18.3. The third kappa shape index (κ3) is 5.62. The average molecular weight is 554 g/mol. The van der Waals surface area contributed by atoms with Crippen LogP contribution >= 0.6 is 23.2 Å². The monoisotopic (exact) mass is 553 g/mol. The summed E-state index contributed by atoms with van der Waals surface area (Å²) in [4.78, 5) is 37.2. The van der Waals surface area contributed by atoms with Gasteiger partial charge in [0.25, 0.3) is 11.7 Å². The maximum atomic E-state index is 12.6. The zero-order valence-corrected chi connectivity index (χ0v) is 21.8. The number of carbonyl (C=O) groups is 3. The van der Waals surface area contributed by atoms with Gasteiger partial charge in [-0.2, -0.15) is 0 Å². The van der Waals surface area contributed by atoms with Gasteiger partial charge >= 0.3 is 11.9 Å². The molecule has 3 aromatic carbocycles. The second-order valence-corrected chi connectivity index (χ2v) is 9.93. The van der Waals surface area contributed by atoms with Crippen LogP contribution in [0.5, 0.6) is 0 Å². The molecule has 0 saturated carbocycles. The van der Waals surface area contributed by atoms with E-state index in [0.29, 0.717) is 52.1 Å². The number of esters is 2. The number of fused-ring (bicyclic) bond motifs is 2. The van der Waals surface area contributed by atoms with Crippen LogP contribution in [-0.4, -0.2) is 30.9 Å². The Hall–Kier alpha value is -3.59. The number of hydrogen-bond donors (Lipinski definition) is 3. The van der Waals surface area contributed by atoms with Gasteiger partial charge in [0.1, 0.15) is 0 Å². The quantitative estimate of drug-likeness (QED) is 0.380. The smallest absolute Gasteiger partial charge is 0.309 e. The molecule has 2 aliphatic heterocycles. The highest BCUT2D eigenvalue weighted by atomic mass is 35.5. The molecule has 1 saturated heterocycles. The van der Waals surface area contributed by atoms with Crippen LogP contribution in [0.2, 0.25) is 10.0 Å². The molecule has 0 aromatic heterocycles. The van der Waals surface area contributed by atoms with Gasteiger partial charge in [-0.25, -0.2) is 0 Å². The lowest BCUT2D eigenvalue weighted by atomic mass is 9.96. The molecule has 5 rings (SSSR count). The molecule has 0 radical (unpaired) electrons. The van der Waals surface area contributed by atoms with E-state index in [0.717, 1.165) is 11.1 Å². The zero-order chi connectivity index (χ0) is 26.7. The SMILES string of the molecule is O=C1CCC(=O)OC2(CNCCc3c2ccc(Cl)c3NCc2ccc(C(=O)Nc3ccc(Cl)cc3)cc2)O1. The standard InChI is InChI=1S/C28H25Cl2N3O5/c29-19-5-7-20(8-6-19)33-27(36)18-3-1-17(2-4-18)15-32-26-21-13-14-31-16-28(22(21)9-10-23(26)30)37-24(34)11-12-25(35)38-28/h1-10,31-32H,11-16H2,(H,33,36). The highest BCUT2D eigenvalue weighted by molar-refractivity contribution is 6.33. The van der Waals surface area contributed by atoms with Crippen LogP contribution in [-0.2, 0) is 37.8 Å². The molecule has 1 amide bonds. The highest BCUT2D eigenvalue weighted by Gasteiger charge is 2.46. The number of ether oxygens (including phenoxy) is 2. The Morgan fingerprint density at radius 1 is 0.895 bits per heavy atom. The first-order valence-corrected chi connectivity index (χ1v) is 12.9. The molecule has 196 valence electrons. The van der Waals surface area contributed by atoms with Crippen LogP contribution in [0.4, 0.5) is 11.4 Å². The number of halogens is 2. The Labute approximate surface area is 229 Å². The van der Waals surface area contributed by atoms with E-state index < -0.39 is 17.7 Å².